The summed E-state index contributed by atoms with van der Waals surface area (Å²) in [5.41, 5.74) is 0.814. The van der Waals surface area contributed by atoms with E-state index in [2.05, 4.69) is 11.4 Å². The zero-order valence-electron chi connectivity index (χ0n) is 17.4. The summed E-state index contributed by atoms with van der Waals surface area (Å²) in [6.07, 6.45) is 2.81. The smallest absolute Gasteiger partial charge is 0.257 e. The number of phenolic OH excluding ortho intramolecular Hbond substituents is 1. The third kappa shape index (κ3) is 4.31. The molecule has 7 heteroatoms. The summed E-state index contributed by atoms with van der Waals surface area (Å²) in [5, 5.41) is 15.7. The highest BCUT2D eigenvalue weighted by atomic mass is 32.1. The van der Waals surface area contributed by atoms with Gasteiger partial charge in [0, 0.05) is 42.4 Å². The maximum absolute atomic E-state index is 13.0. The number of rotatable bonds is 5. The number of carbonyl (C=O) groups excluding carboxylic acids is 2. The van der Waals surface area contributed by atoms with Gasteiger partial charge in [-0.2, -0.15) is 0 Å². The van der Waals surface area contributed by atoms with E-state index in [4.69, 9.17) is 4.74 Å². The molecule has 30 heavy (non-hydrogen) atoms. The first-order valence-corrected chi connectivity index (χ1v) is 11.4. The van der Waals surface area contributed by atoms with Crippen LogP contribution in [0.1, 0.15) is 47.5 Å². The molecule has 2 aliphatic heterocycles. The molecule has 1 aromatic heterocycles. The number of phenols is 1. The van der Waals surface area contributed by atoms with Crippen molar-refractivity contribution in [2.75, 3.05) is 19.6 Å². The fraction of sp³-hybridized carbons (Fsp3) is 0.478. The Bertz CT molecular complexity index is 931. The molecule has 0 bridgehead atoms. The van der Waals surface area contributed by atoms with Crippen LogP contribution in [0, 0.1) is 5.92 Å². The van der Waals surface area contributed by atoms with Crippen molar-refractivity contribution < 1.29 is 19.4 Å². The number of fused-ring (bicyclic) bond motifs is 1. The molecule has 3 heterocycles. The van der Waals surface area contributed by atoms with Crippen LogP contribution in [0.15, 0.2) is 29.6 Å². The maximum Gasteiger partial charge on any atom is 0.257 e. The Morgan fingerprint density at radius 2 is 2.03 bits per heavy atom. The number of nitrogens with zero attached hydrogens (tertiary/aromatic N) is 1. The lowest BCUT2D eigenvalue weighted by molar-refractivity contribution is -0.126. The minimum absolute atomic E-state index is 0.0645. The van der Waals surface area contributed by atoms with Gasteiger partial charge in [0.25, 0.3) is 5.91 Å². The molecule has 4 rings (SSSR count). The van der Waals surface area contributed by atoms with Crippen molar-refractivity contribution in [1.82, 2.24) is 10.2 Å². The molecule has 1 fully saturated rings. The predicted octanol–water partition coefficient (Wildman–Crippen LogP) is 3.38. The standard InChI is InChI=1S/C23H28N2O4S/c1-23(2)14-16-5-6-18(19(26)20(16)29-23)22(28)25-11-8-15(9-12-25)21(27)24-10-7-17-4-3-13-30-17/h3-6,13,15,26H,7-12,14H2,1-2H3,(H,24,27). The van der Waals surface area contributed by atoms with E-state index >= 15 is 0 Å². The van der Waals surface area contributed by atoms with Gasteiger partial charge in [0.05, 0.1) is 5.56 Å². The van der Waals surface area contributed by atoms with Crippen LogP contribution in [-0.4, -0.2) is 47.1 Å². The van der Waals surface area contributed by atoms with Crippen LogP contribution in [0.3, 0.4) is 0 Å². The average Bonchev–Trinajstić information content (AvgIpc) is 3.34. The fourth-order valence-corrected chi connectivity index (χ4v) is 4.94. The molecule has 2 amide bonds. The van der Waals surface area contributed by atoms with E-state index in [0.29, 0.717) is 44.6 Å². The van der Waals surface area contributed by atoms with Gasteiger partial charge < -0.3 is 20.1 Å². The van der Waals surface area contributed by atoms with Crippen molar-refractivity contribution in [2.45, 2.75) is 45.1 Å². The number of piperidine rings is 1. The van der Waals surface area contributed by atoms with Crippen molar-refractivity contribution >= 4 is 23.2 Å². The second-order valence-electron chi connectivity index (χ2n) is 8.68. The van der Waals surface area contributed by atoms with Crippen LogP contribution in [0.4, 0.5) is 0 Å². The van der Waals surface area contributed by atoms with E-state index in [-0.39, 0.29) is 34.6 Å². The van der Waals surface area contributed by atoms with Gasteiger partial charge in [-0.3, -0.25) is 9.59 Å². The molecule has 0 unspecified atom stereocenters. The number of nitrogens with one attached hydrogen (secondary N) is 1. The SMILES string of the molecule is CC1(C)Cc2ccc(C(=O)N3CCC(C(=O)NCCc4cccs4)CC3)c(O)c2O1. The minimum atomic E-state index is -0.378. The fourth-order valence-electron chi connectivity index (χ4n) is 4.23. The van der Waals surface area contributed by atoms with E-state index in [9.17, 15) is 14.7 Å². The molecule has 0 saturated carbocycles. The van der Waals surface area contributed by atoms with E-state index < -0.39 is 0 Å². The normalized spacial score (nSPS) is 18.0. The molecular formula is C23H28N2O4S. The third-order valence-electron chi connectivity index (χ3n) is 5.84. The minimum Gasteiger partial charge on any atom is -0.504 e. The summed E-state index contributed by atoms with van der Waals surface area (Å²) >= 11 is 1.70. The van der Waals surface area contributed by atoms with Gasteiger partial charge in [-0.25, -0.2) is 0 Å². The summed E-state index contributed by atoms with van der Waals surface area (Å²) in [7, 11) is 0. The first-order chi connectivity index (χ1) is 14.3. The van der Waals surface area contributed by atoms with E-state index in [1.165, 1.54) is 4.88 Å². The van der Waals surface area contributed by atoms with Gasteiger partial charge >= 0.3 is 0 Å². The molecule has 2 N–H and O–H groups in total. The first kappa shape index (κ1) is 20.7. The van der Waals surface area contributed by atoms with Gasteiger partial charge in [0.1, 0.15) is 5.60 Å². The van der Waals surface area contributed by atoms with E-state index in [1.54, 1.807) is 22.3 Å². The number of ether oxygens (including phenoxy) is 1. The highest BCUT2D eigenvalue weighted by Crippen LogP contribution is 2.43. The maximum atomic E-state index is 13.0. The summed E-state index contributed by atoms with van der Waals surface area (Å²) < 4.78 is 5.84. The number of hydrogen-bond donors (Lipinski definition) is 2. The second kappa shape index (κ2) is 8.30. The van der Waals surface area contributed by atoms with Crippen LogP contribution in [0.5, 0.6) is 11.5 Å². The number of hydrogen-bond acceptors (Lipinski definition) is 5. The van der Waals surface area contributed by atoms with E-state index in [1.807, 2.05) is 31.4 Å². The molecule has 0 atom stereocenters. The van der Waals surface area contributed by atoms with Gasteiger partial charge in [-0.15, -0.1) is 11.3 Å². The van der Waals surface area contributed by atoms with Gasteiger partial charge in [-0.05, 0) is 50.6 Å². The molecule has 2 aromatic rings. The Morgan fingerprint density at radius 3 is 2.73 bits per heavy atom. The number of amides is 2. The number of likely N-dealkylation sites (tertiary alicyclic amines) is 1. The van der Waals surface area contributed by atoms with Crippen molar-refractivity contribution in [3.63, 3.8) is 0 Å². The Kier molecular flexibility index (Phi) is 5.73. The van der Waals surface area contributed by atoms with E-state index in [0.717, 1.165) is 12.0 Å². The van der Waals surface area contributed by atoms with Crippen molar-refractivity contribution in [1.29, 1.82) is 0 Å². The Hall–Kier alpha value is -2.54. The van der Waals surface area contributed by atoms with Crippen LogP contribution in [0.25, 0.3) is 0 Å². The van der Waals surface area contributed by atoms with Gasteiger partial charge in [0.15, 0.2) is 11.5 Å². The van der Waals surface area contributed by atoms with Crippen LogP contribution in [-0.2, 0) is 17.6 Å². The molecule has 0 radical (unpaired) electrons. The molecule has 0 aliphatic carbocycles. The summed E-state index contributed by atoms with van der Waals surface area (Å²) in [4.78, 5) is 28.4. The molecule has 2 aliphatic rings. The third-order valence-corrected chi connectivity index (χ3v) is 6.78. The topological polar surface area (TPSA) is 78.9 Å². The zero-order chi connectivity index (χ0) is 21.3. The average molecular weight is 429 g/mol. The highest BCUT2D eigenvalue weighted by molar-refractivity contribution is 7.09. The number of thiophene rings is 1. The lowest BCUT2D eigenvalue weighted by Crippen LogP contribution is -2.43. The number of carbonyl (C=O) groups is 2. The van der Waals surface area contributed by atoms with Gasteiger partial charge in [0.2, 0.25) is 5.91 Å². The van der Waals surface area contributed by atoms with Crippen LogP contribution < -0.4 is 10.1 Å². The summed E-state index contributed by atoms with van der Waals surface area (Å²) in [5.74, 6) is 0.132. The van der Waals surface area contributed by atoms with Crippen LogP contribution in [0.2, 0.25) is 0 Å². The summed E-state index contributed by atoms with van der Waals surface area (Å²) in [6, 6.07) is 7.64. The van der Waals surface area contributed by atoms with Crippen molar-refractivity contribution in [2.24, 2.45) is 5.92 Å². The lowest BCUT2D eigenvalue weighted by atomic mass is 9.95. The molecule has 1 aromatic carbocycles. The van der Waals surface area contributed by atoms with Crippen molar-refractivity contribution in [3.8, 4) is 11.5 Å². The number of aromatic hydroxyl groups is 1. The first-order valence-electron chi connectivity index (χ1n) is 10.5. The van der Waals surface area contributed by atoms with Crippen molar-refractivity contribution in [3.05, 3.63) is 45.6 Å². The monoisotopic (exact) mass is 428 g/mol. The summed E-state index contributed by atoms with van der Waals surface area (Å²) in [6.45, 7) is 5.57. The lowest BCUT2D eigenvalue weighted by Gasteiger charge is -2.31. The molecule has 6 nitrogen and oxygen atoms in total. The Morgan fingerprint density at radius 1 is 1.27 bits per heavy atom. The Labute approximate surface area is 180 Å². The number of benzene rings is 1. The highest BCUT2D eigenvalue weighted by Gasteiger charge is 2.35. The molecule has 0 spiro atoms. The van der Waals surface area contributed by atoms with Crippen LogP contribution >= 0.6 is 11.3 Å². The quantitative estimate of drug-likeness (QED) is 0.765. The molecule has 1 saturated heterocycles. The second-order valence-corrected chi connectivity index (χ2v) is 9.71. The van der Waals surface area contributed by atoms with Gasteiger partial charge in [-0.1, -0.05) is 12.1 Å². The molecule has 160 valence electrons. The largest absolute Gasteiger partial charge is 0.504 e. The predicted molar refractivity (Wildman–Crippen MR) is 116 cm³/mol. The Balaban J connectivity index is 1.31. The molecular weight excluding hydrogens is 400 g/mol. The zero-order valence-corrected chi connectivity index (χ0v) is 18.3.